The Hall–Kier alpha value is -0.160. The first-order chi connectivity index (χ1) is 4.88. The fourth-order valence-electron chi connectivity index (χ4n) is 1.65. The van der Waals surface area contributed by atoms with Crippen LogP contribution in [0.4, 0.5) is 0 Å². The SMILES string of the molecule is CCC1CCC/C1=C\P=O. The van der Waals surface area contributed by atoms with Gasteiger partial charge in [0.2, 0.25) is 0 Å². The van der Waals surface area contributed by atoms with Crippen molar-refractivity contribution in [3.05, 3.63) is 11.4 Å². The van der Waals surface area contributed by atoms with Gasteiger partial charge in [-0.25, -0.2) is 0 Å². The molecule has 0 N–H and O–H groups in total. The molecule has 0 spiro atoms. The quantitative estimate of drug-likeness (QED) is 0.560. The average Bonchev–Trinajstić information content (AvgIpc) is 2.36. The standard InChI is InChI=1S/C8H13OP/c1-2-7-4-3-5-8(7)6-10-9/h6-7H,2-5H2,1H3/b8-6+. The van der Waals surface area contributed by atoms with Gasteiger partial charge >= 0.3 is 0 Å². The van der Waals surface area contributed by atoms with Crippen molar-refractivity contribution in [3.63, 3.8) is 0 Å². The number of rotatable bonds is 2. The van der Waals surface area contributed by atoms with Crippen molar-refractivity contribution in [3.8, 4) is 0 Å². The third-order valence-electron chi connectivity index (χ3n) is 2.25. The zero-order chi connectivity index (χ0) is 7.40. The van der Waals surface area contributed by atoms with Gasteiger partial charge < -0.3 is 0 Å². The zero-order valence-corrected chi connectivity index (χ0v) is 7.23. The van der Waals surface area contributed by atoms with E-state index in [0.29, 0.717) is 0 Å². The Morgan fingerprint density at radius 1 is 1.80 bits per heavy atom. The summed E-state index contributed by atoms with van der Waals surface area (Å²) < 4.78 is 10.2. The largest absolute Gasteiger partial charge is 0.270 e. The Balaban J connectivity index is 2.57. The molecule has 0 aromatic heterocycles. The summed E-state index contributed by atoms with van der Waals surface area (Å²) in [5.74, 6) is 2.59. The van der Waals surface area contributed by atoms with Crippen molar-refractivity contribution in [2.45, 2.75) is 32.6 Å². The molecule has 0 aromatic rings. The average molecular weight is 156 g/mol. The van der Waals surface area contributed by atoms with E-state index in [2.05, 4.69) is 6.92 Å². The maximum atomic E-state index is 10.2. The molecular weight excluding hydrogens is 143 g/mol. The van der Waals surface area contributed by atoms with E-state index < -0.39 is 0 Å². The van der Waals surface area contributed by atoms with Crippen LogP contribution < -0.4 is 0 Å². The van der Waals surface area contributed by atoms with Gasteiger partial charge in [0.05, 0.1) is 0 Å². The first-order valence-electron chi connectivity index (χ1n) is 3.90. The molecule has 1 fully saturated rings. The maximum Gasteiger partial charge on any atom is 0.184 e. The normalized spacial score (nSPS) is 30.1. The van der Waals surface area contributed by atoms with Crippen molar-refractivity contribution in [2.75, 3.05) is 0 Å². The van der Waals surface area contributed by atoms with Crippen molar-refractivity contribution >= 4 is 8.46 Å². The van der Waals surface area contributed by atoms with Gasteiger partial charge in [0.15, 0.2) is 8.46 Å². The van der Waals surface area contributed by atoms with Crippen molar-refractivity contribution in [1.82, 2.24) is 0 Å². The molecule has 0 saturated heterocycles. The van der Waals surface area contributed by atoms with Crippen molar-refractivity contribution in [2.24, 2.45) is 5.92 Å². The van der Waals surface area contributed by atoms with Crippen molar-refractivity contribution < 1.29 is 4.57 Å². The Morgan fingerprint density at radius 2 is 2.60 bits per heavy atom. The number of allylic oxidation sites excluding steroid dienone is 1. The smallest absolute Gasteiger partial charge is 0.184 e. The van der Waals surface area contributed by atoms with E-state index in [-0.39, 0.29) is 8.46 Å². The first kappa shape index (κ1) is 7.94. The third-order valence-corrected chi connectivity index (χ3v) is 2.69. The lowest BCUT2D eigenvalue weighted by atomic mass is 10.0. The second-order valence-corrected chi connectivity index (χ2v) is 3.28. The topological polar surface area (TPSA) is 17.1 Å². The predicted molar refractivity (Wildman–Crippen MR) is 43.3 cm³/mol. The van der Waals surface area contributed by atoms with Crippen LogP contribution in [-0.2, 0) is 4.57 Å². The fourth-order valence-corrected chi connectivity index (χ4v) is 2.12. The summed E-state index contributed by atoms with van der Waals surface area (Å²) in [4.78, 5) is 0. The number of hydrogen-bond donors (Lipinski definition) is 0. The van der Waals surface area contributed by atoms with Crippen LogP contribution in [0, 0.1) is 5.92 Å². The van der Waals surface area contributed by atoms with E-state index in [1.54, 1.807) is 0 Å². The lowest BCUT2D eigenvalue weighted by Gasteiger charge is -2.05. The molecule has 0 amide bonds. The van der Waals surface area contributed by atoms with Crippen LogP contribution in [0.1, 0.15) is 32.6 Å². The molecule has 0 radical (unpaired) electrons. The van der Waals surface area contributed by atoms with Gasteiger partial charge in [-0.05, 0) is 31.6 Å². The molecule has 1 saturated carbocycles. The Bertz CT molecular complexity index is 151. The second-order valence-electron chi connectivity index (χ2n) is 2.81. The lowest BCUT2D eigenvalue weighted by molar-refractivity contribution is 0.598. The summed E-state index contributed by atoms with van der Waals surface area (Å²) in [7, 11) is 0.187. The van der Waals surface area contributed by atoms with E-state index in [9.17, 15) is 4.57 Å². The highest BCUT2D eigenvalue weighted by molar-refractivity contribution is 7.27. The van der Waals surface area contributed by atoms with Crippen LogP contribution in [0.3, 0.4) is 0 Å². The zero-order valence-electron chi connectivity index (χ0n) is 6.34. The molecular formula is C8H13OP. The van der Waals surface area contributed by atoms with Crippen LogP contribution in [0.25, 0.3) is 0 Å². The maximum absolute atomic E-state index is 10.2. The van der Waals surface area contributed by atoms with Gasteiger partial charge in [-0.1, -0.05) is 12.5 Å². The van der Waals surface area contributed by atoms with E-state index >= 15 is 0 Å². The minimum absolute atomic E-state index is 0.187. The van der Waals surface area contributed by atoms with Gasteiger partial charge in [-0.15, -0.1) is 0 Å². The van der Waals surface area contributed by atoms with Crippen LogP contribution in [0.2, 0.25) is 0 Å². The Labute approximate surface area is 63.7 Å². The van der Waals surface area contributed by atoms with Crippen LogP contribution in [0.5, 0.6) is 0 Å². The molecule has 10 heavy (non-hydrogen) atoms. The molecule has 1 atom stereocenters. The fraction of sp³-hybridized carbons (Fsp3) is 0.750. The van der Waals surface area contributed by atoms with Crippen LogP contribution in [0.15, 0.2) is 11.4 Å². The highest BCUT2D eigenvalue weighted by Gasteiger charge is 2.18. The monoisotopic (exact) mass is 156 g/mol. The summed E-state index contributed by atoms with van der Waals surface area (Å²) in [5.41, 5.74) is 1.42. The van der Waals surface area contributed by atoms with Crippen LogP contribution in [-0.4, -0.2) is 0 Å². The van der Waals surface area contributed by atoms with Gasteiger partial charge in [0, 0.05) is 5.82 Å². The molecule has 1 aliphatic rings. The summed E-state index contributed by atoms with van der Waals surface area (Å²) in [6.45, 7) is 2.20. The minimum Gasteiger partial charge on any atom is -0.270 e. The molecule has 0 aliphatic heterocycles. The molecule has 56 valence electrons. The molecule has 0 aromatic carbocycles. The van der Waals surface area contributed by atoms with Gasteiger partial charge in [0.25, 0.3) is 0 Å². The predicted octanol–water partition coefficient (Wildman–Crippen LogP) is 3.37. The summed E-state index contributed by atoms with van der Waals surface area (Å²) in [5, 5.41) is 0. The number of hydrogen-bond acceptors (Lipinski definition) is 1. The molecule has 2 heteroatoms. The van der Waals surface area contributed by atoms with E-state index in [4.69, 9.17) is 0 Å². The minimum atomic E-state index is 0.187. The van der Waals surface area contributed by atoms with Gasteiger partial charge in [-0.3, -0.25) is 4.57 Å². The third kappa shape index (κ3) is 1.67. The molecule has 0 bridgehead atoms. The second kappa shape index (κ2) is 3.88. The Morgan fingerprint density at radius 3 is 3.20 bits per heavy atom. The lowest BCUT2D eigenvalue weighted by Crippen LogP contribution is -1.91. The van der Waals surface area contributed by atoms with E-state index in [0.717, 1.165) is 5.92 Å². The first-order valence-corrected chi connectivity index (χ1v) is 4.78. The van der Waals surface area contributed by atoms with Gasteiger partial charge in [0.1, 0.15) is 0 Å². The Kier molecular flexibility index (Phi) is 3.08. The molecule has 0 heterocycles. The summed E-state index contributed by atoms with van der Waals surface area (Å²) >= 11 is 0. The van der Waals surface area contributed by atoms with Gasteiger partial charge in [-0.2, -0.15) is 0 Å². The van der Waals surface area contributed by atoms with E-state index in [1.165, 1.54) is 31.3 Å². The summed E-state index contributed by atoms with van der Waals surface area (Å²) in [6, 6.07) is 0. The van der Waals surface area contributed by atoms with Crippen molar-refractivity contribution in [1.29, 1.82) is 0 Å². The molecule has 1 rings (SSSR count). The molecule has 1 aliphatic carbocycles. The van der Waals surface area contributed by atoms with E-state index in [1.807, 2.05) is 5.82 Å². The highest BCUT2D eigenvalue weighted by atomic mass is 31.1. The molecule has 1 nitrogen and oxygen atoms in total. The van der Waals surface area contributed by atoms with Crippen LogP contribution >= 0.6 is 8.46 Å². The summed E-state index contributed by atoms with van der Waals surface area (Å²) in [6.07, 6.45) is 4.98. The highest BCUT2D eigenvalue weighted by Crippen LogP contribution is 2.34. The molecule has 1 unspecified atom stereocenters.